The molecule has 1 N–H and O–H groups in total. The first kappa shape index (κ1) is 18.9. The Balaban J connectivity index is 2.48. The van der Waals surface area contributed by atoms with E-state index in [0.29, 0.717) is 0 Å². The lowest BCUT2D eigenvalue weighted by Crippen LogP contribution is -2.28. The Kier molecular flexibility index (Phi) is 4.64. The number of hydrogen-bond donors (Lipinski definition) is 1. The fourth-order valence-electron chi connectivity index (χ4n) is 3.31. The molecule has 0 spiro atoms. The highest BCUT2D eigenvalue weighted by Crippen LogP contribution is 2.35. The number of halogens is 1. The number of benzene rings is 1. The Labute approximate surface area is 163 Å². The molecule has 2 aromatic carbocycles. The number of rotatable bonds is 1. The number of nitrogens with one attached hydrogen (secondary N) is 1. The predicted molar refractivity (Wildman–Crippen MR) is 115 cm³/mol. The van der Waals surface area contributed by atoms with Crippen LogP contribution in [0.3, 0.4) is 0 Å². The standard InChI is InChI=1S/C23H26BrNO/c1-22(2,3)17-11-15-16(14-9-7-8-10-19(14)24)13-25-20(15)12-18(21(17)26)23(4,5)6/h7-13,25H,1-6H3. The summed E-state index contributed by atoms with van der Waals surface area (Å²) in [6, 6.07) is 12.3. The second-order valence-electron chi connectivity index (χ2n) is 8.95. The van der Waals surface area contributed by atoms with Crippen LogP contribution in [0.5, 0.6) is 0 Å². The Hall–Kier alpha value is -1.87. The average Bonchev–Trinajstić information content (AvgIpc) is 2.83. The first-order valence-electron chi connectivity index (χ1n) is 8.95. The maximum absolute atomic E-state index is 13.4. The molecule has 0 radical (unpaired) electrons. The largest absolute Gasteiger partial charge is 0.361 e. The van der Waals surface area contributed by atoms with Gasteiger partial charge in [0.2, 0.25) is 0 Å². The van der Waals surface area contributed by atoms with Crippen LogP contribution in [-0.2, 0) is 10.8 Å². The van der Waals surface area contributed by atoms with Gasteiger partial charge in [-0.1, -0.05) is 75.7 Å². The molecule has 0 amide bonds. The highest BCUT2D eigenvalue weighted by molar-refractivity contribution is 9.10. The van der Waals surface area contributed by atoms with Crippen LogP contribution in [0.25, 0.3) is 22.0 Å². The van der Waals surface area contributed by atoms with Gasteiger partial charge >= 0.3 is 0 Å². The summed E-state index contributed by atoms with van der Waals surface area (Å²) in [5, 5.41) is 1.08. The van der Waals surface area contributed by atoms with Gasteiger partial charge in [0.1, 0.15) is 0 Å². The summed E-state index contributed by atoms with van der Waals surface area (Å²) in [6.07, 6.45) is 2.04. The summed E-state index contributed by atoms with van der Waals surface area (Å²) in [6.45, 7) is 12.6. The molecule has 0 aliphatic heterocycles. The second-order valence-corrected chi connectivity index (χ2v) is 9.81. The zero-order chi connectivity index (χ0) is 19.3. The molecule has 0 aliphatic carbocycles. The van der Waals surface area contributed by atoms with Crippen molar-refractivity contribution in [3.05, 3.63) is 68.4 Å². The maximum Gasteiger partial charge on any atom is 0.186 e. The number of H-pyrrole nitrogens is 1. The molecule has 0 bridgehead atoms. The highest BCUT2D eigenvalue weighted by Gasteiger charge is 2.25. The van der Waals surface area contributed by atoms with Gasteiger partial charge in [0, 0.05) is 38.3 Å². The van der Waals surface area contributed by atoms with Crippen LogP contribution < -0.4 is 5.43 Å². The van der Waals surface area contributed by atoms with Gasteiger partial charge in [0.25, 0.3) is 0 Å². The van der Waals surface area contributed by atoms with Crippen molar-refractivity contribution in [1.82, 2.24) is 4.98 Å². The predicted octanol–water partition coefficient (Wildman–Crippen LogP) is 6.55. The summed E-state index contributed by atoms with van der Waals surface area (Å²) < 4.78 is 1.04. The summed E-state index contributed by atoms with van der Waals surface area (Å²) >= 11 is 3.66. The molecule has 1 heterocycles. The lowest BCUT2D eigenvalue weighted by Gasteiger charge is -2.21. The monoisotopic (exact) mass is 411 g/mol. The van der Waals surface area contributed by atoms with Crippen molar-refractivity contribution in [2.75, 3.05) is 0 Å². The zero-order valence-corrected chi connectivity index (χ0v) is 17.9. The Morgan fingerprint density at radius 1 is 0.846 bits per heavy atom. The van der Waals surface area contributed by atoms with E-state index in [-0.39, 0.29) is 16.3 Å². The molecule has 3 heteroatoms. The van der Waals surface area contributed by atoms with Crippen molar-refractivity contribution in [2.24, 2.45) is 0 Å². The number of hydrogen-bond acceptors (Lipinski definition) is 1. The molecule has 26 heavy (non-hydrogen) atoms. The van der Waals surface area contributed by atoms with Crippen molar-refractivity contribution in [3.63, 3.8) is 0 Å². The van der Waals surface area contributed by atoms with E-state index in [4.69, 9.17) is 0 Å². The highest BCUT2D eigenvalue weighted by atomic mass is 79.9. The van der Waals surface area contributed by atoms with Gasteiger partial charge in [-0.05, 0) is 34.6 Å². The number of aromatic nitrogens is 1. The first-order valence-corrected chi connectivity index (χ1v) is 9.75. The van der Waals surface area contributed by atoms with Crippen molar-refractivity contribution in [1.29, 1.82) is 0 Å². The molecule has 0 aliphatic rings. The molecule has 3 aromatic rings. The van der Waals surface area contributed by atoms with E-state index in [1.807, 2.05) is 30.5 Å². The molecule has 3 rings (SSSR count). The summed E-state index contributed by atoms with van der Waals surface area (Å²) in [5.41, 5.74) is 4.61. The Morgan fingerprint density at radius 3 is 2.00 bits per heavy atom. The van der Waals surface area contributed by atoms with Crippen LogP contribution in [0.15, 0.2) is 51.9 Å². The molecule has 0 saturated heterocycles. The molecular weight excluding hydrogens is 386 g/mol. The quantitative estimate of drug-likeness (QED) is 0.483. The molecule has 136 valence electrons. The topological polar surface area (TPSA) is 32.9 Å². The van der Waals surface area contributed by atoms with Gasteiger partial charge < -0.3 is 4.98 Å². The third-order valence-electron chi connectivity index (χ3n) is 4.80. The molecule has 0 fully saturated rings. The van der Waals surface area contributed by atoms with Crippen LogP contribution >= 0.6 is 15.9 Å². The lowest BCUT2D eigenvalue weighted by atomic mass is 9.82. The first-order chi connectivity index (χ1) is 12.0. The van der Waals surface area contributed by atoms with Crippen LogP contribution in [0.2, 0.25) is 0 Å². The van der Waals surface area contributed by atoms with E-state index in [2.05, 4.69) is 74.6 Å². The van der Waals surface area contributed by atoms with Crippen molar-refractivity contribution < 1.29 is 0 Å². The minimum atomic E-state index is -0.231. The smallest absolute Gasteiger partial charge is 0.186 e. The zero-order valence-electron chi connectivity index (χ0n) is 16.3. The van der Waals surface area contributed by atoms with E-state index in [1.54, 1.807) is 0 Å². The van der Waals surface area contributed by atoms with Gasteiger partial charge in [-0.15, -0.1) is 0 Å². The van der Waals surface area contributed by atoms with Crippen LogP contribution in [-0.4, -0.2) is 4.98 Å². The molecular formula is C23H26BrNO. The summed E-state index contributed by atoms with van der Waals surface area (Å²) in [5.74, 6) is 0. The van der Waals surface area contributed by atoms with Crippen LogP contribution in [0.1, 0.15) is 52.7 Å². The normalized spacial score (nSPS) is 12.6. The van der Waals surface area contributed by atoms with Crippen LogP contribution in [0.4, 0.5) is 0 Å². The fourth-order valence-corrected chi connectivity index (χ4v) is 3.81. The van der Waals surface area contributed by atoms with Crippen molar-refractivity contribution in [3.8, 4) is 11.1 Å². The van der Waals surface area contributed by atoms with Crippen molar-refractivity contribution in [2.45, 2.75) is 52.4 Å². The summed E-state index contributed by atoms with van der Waals surface area (Å²) in [4.78, 5) is 16.8. The minimum Gasteiger partial charge on any atom is -0.361 e. The van der Waals surface area contributed by atoms with E-state index in [9.17, 15) is 4.79 Å². The average molecular weight is 412 g/mol. The number of fused-ring (bicyclic) bond motifs is 1. The third kappa shape index (κ3) is 3.37. The molecule has 2 nitrogen and oxygen atoms in total. The van der Waals surface area contributed by atoms with E-state index in [1.165, 1.54) is 0 Å². The molecule has 0 unspecified atom stereocenters. The Morgan fingerprint density at radius 2 is 1.42 bits per heavy atom. The van der Waals surface area contributed by atoms with Gasteiger partial charge in [-0.2, -0.15) is 0 Å². The van der Waals surface area contributed by atoms with E-state index in [0.717, 1.165) is 37.6 Å². The molecule has 1 aromatic heterocycles. The fraction of sp³-hybridized carbons (Fsp3) is 0.348. The lowest BCUT2D eigenvalue weighted by molar-refractivity contribution is 0.564. The number of aromatic amines is 1. The van der Waals surface area contributed by atoms with E-state index >= 15 is 0 Å². The minimum absolute atomic E-state index is 0.146. The Bertz CT molecular complexity index is 1030. The third-order valence-corrected chi connectivity index (χ3v) is 5.49. The van der Waals surface area contributed by atoms with Gasteiger partial charge in [0.15, 0.2) is 5.43 Å². The molecule has 0 saturated carbocycles. The maximum atomic E-state index is 13.4. The van der Waals surface area contributed by atoms with Gasteiger partial charge in [0.05, 0.1) is 0 Å². The molecule has 0 atom stereocenters. The van der Waals surface area contributed by atoms with E-state index < -0.39 is 0 Å². The van der Waals surface area contributed by atoms with Crippen molar-refractivity contribution >= 4 is 26.8 Å². The van der Waals surface area contributed by atoms with Gasteiger partial charge in [-0.3, -0.25) is 4.79 Å². The summed E-state index contributed by atoms with van der Waals surface area (Å²) in [7, 11) is 0. The van der Waals surface area contributed by atoms with Crippen LogP contribution in [0, 0.1) is 0 Å². The SMILES string of the molecule is CC(C)(C)c1cc2[nH]cc(-c3ccccc3Br)c2cc(C(C)(C)C)c1=O. The van der Waals surface area contributed by atoms with Gasteiger partial charge in [-0.25, -0.2) is 0 Å². The second kappa shape index (κ2) is 6.38.